The molecule has 0 radical (unpaired) electrons. The lowest BCUT2D eigenvalue weighted by molar-refractivity contribution is -0.190. The van der Waals surface area contributed by atoms with E-state index in [4.69, 9.17) is 37.4 Å². The molecule has 0 aliphatic carbocycles. The van der Waals surface area contributed by atoms with Crippen LogP contribution in [0.15, 0.2) is 67.4 Å². The SMILES string of the molecule is CN(C)/C=C\C(=O)c1ccc(OCC2COC(Cn3cncn3)(c3ccc(Cl)cc3Cl)O2)cc1. The number of allylic oxidation sites excluding steroid dienone is 1. The van der Waals surface area contributed by atoms with Gasteiger partial charge < -0.3 is 19.1 Å². The molecule has 8 nitrogen and oxygen atoms in total. The zero-order valence-electron chi connectivity index (χ0n) is 18.7. The Morgan fingerprint density at radius 2 is 2.06 bits per heavy atom. The monoisotopic (exact) mass is 502 g/mol. The second-order valence-corrected chi connectivity index (χ2v) is 8.84. The summed E-state index contributed by atoms with van der Waals surface area (Å²) in [4.78, 5) is 18.0. The highest BCUT2D eigenvalue weighted by Crippen LogP contribution is 2.40. The molecule has 2 heterocycles. The van der Waals surface area contributed by atoms with Crippen LogP contribution in [0.2, 0.25) is 10.0 Å². The van der Waals surface area contributed by atoms with E-state index in [0.29, 0.717) is 33.5 Å². The zero-order valence-corrected chi connectivity index (χ0v) is 20.2. The molecule has 0 N–H and O–H groups in total. The molecule has 1 saturated heterocycles. The summed E-state index contributed by atoms with van der Waals surface area (Å²) >= 11 is 12.6. The van der Waals surface area contributed by atoms with E-state index in [1.165, 1.54) is 12.4 Å². The lowest BCUT2D eigenvalue weighted by atomic mass is 10.1. The van der Waals surface area contributed by atoms with Gasteiger partial charge in [-0.15, -0.1) is 0 Å². The van der Waals surface area contributed by atoms with Crippen LogP contribution in [0.3, 0.4) is 0 Å². The Labute approximate surface area is 207 Å². The molecule has 0 saturated carbocycles. The first-order chi connectivity index (χ1) is 16.3. The Balaban J connectivity index is 1.43. The van der Waals surface area contributed by atoms with Crippen molar-refractivity contribution in [3.63, 3.8) is 0 Å². The van der Waals surface area contributed by atoms with E-state index in [1.807, 2.05) is 14.1 Å². The number of hydrogen-bond donors (Lipinski definition) is 0. The van der Waals surface area contributed by atoms with E-state index in [9.17, 15) is 4.79 Å². The predicted molar refractivity (Wildman–Crippen MR) is 128 cm³/mol. The molecule has 34 heavy (non-hydrogen) atoms. The molecule has 3 aromatic rings. The van der Waals surface area contributed by atoms with Crippen molar-refractivity contribution in [1.82, 2.24) is 19.7 Å². The summed E-state index contributed by atoms with van der Waals surface area (Å²) in [5, 5.41) is 5.12. The third-order valence-corrected chi connectivity index (χ3v) is 5.68. The summed E-state index contributed by atoms with van der Waals surface area (Å²) in [6.07, 6.45) is 5.90. The van der Waals surface area contributed by atoms with Crippen molar-refractivity contribution in [3.8, 4) is 5.75 Å². The second-order valence-electron chi connectivity index (χ2n) is 8.00. The smallest absolute Gasteiger partial charge is 0.217 e. The number of ketones is 1. The Bertz CT molecular complexity index is 1150. The van der Waals surface area contributed by atoms with E-state index in [-0.39, 0.29) is 25.0 Å². The molecule has 0 amide bonds. The number of aromatic nitrogens is 3. The maximum absolute atomic E-state index is 12.2. The van der Waals surface area contributed by atoms with Gasteiger partial charge in [0.2, 0.25) is 5.79 Å². The van der Waals surface area contributed by atoms with E-state index < -0.39 is 5.79 Å². The molecule has 2 unspecified atom stereocenters. The van der Waals surface area contributed by atoms with Crippen molar-refractivity contribution in [2.24, 2.45) is 0 Å². The van der Waals surface area contributed by atoms with Crippen molar-refractivity contribution in [2.75, 3.05) is 27.3 Å². The molecule has 1 aliphatic heterocycles. The maximum Gasteiger partial charge on any atom is 0.217 e. The second kappa shape index (κ2) is 10.6. The number of nitrogens with zero attached hydrogens (tertiary/aromatic N) is 4. The van der Waals surface area contributed by atoms with Crippen LogP contribution >= 0.6 is 23.2 Å². The Morgan fingerprint density at radius 1 is 1.26 bits per heavy atom. The Hall–Kier alpha value is -2.91. The van der Waals surface area contributed by atoms with Crippen molar-refractivity contribution in [2.45, 2.75) is 18.4 Å². The van der Waals surface area contributed by atoms with Crippen molar-refractivity contribution in [1.29, 1.82) is 0 Å². The average Bonchev–Trinajstić information content (AvgIpc) is 3.47. The Morgan fingerprint density at radius 3 is 2.74 bits per heavy atom. The molecule has 0 bridgehead atoms. The molecule has 10 heteroatoms. The number of halogens is 2. The molecule has 4 rings (SSSR count). The van der Waals surface area contributed by atoms with E-state index in [0.717, 1.165) is 0 Å². The summed E-state index contributed by atoms with van der Waals surface area (Å²) in [6, 6.07) is 12.1. The van der Waals surface area contributed by atoms with Crippen LogP contribution in [-0.4, -0.2) is 58.9 Å². The lowest BCUT2D eigenvalue weighted by Gasteiger charge is -2.29. The Kier molecular flexibility index (Phi) is 7.53. The van der Waals surface area contributed by atoms with Crippen LogP contribution in [0, 0.1) is 0 Å². The summed E-state index contributed by atoms with van der Waals surface area (Å²) < 4.78 is 20.0. The fourth-order valence-electron chi connectivity index (χ4n) is 3.50. The summed E-state index contributed by atoms with van der Waals surface area (Å²) in [6.45, 7) is 0.791. The topological polar surface area (TPSA) is 78.7 Å². The number of ether oxygens (including phenoxy) is 3. The molecular formula is C24H24Cl2N4O4. The van der Waals surface area contributed by atoms with Crippen LogP contribution in [-0.2, 0) is 21.8 Å². The van der Waals surface area contributed by atoms with E-state index in [2.05, 4.69) is 10.1 Å². The molecular weight excluding hydrogens is 479 g/mol. The molecule has 1 aromatic heterocycles. The molecule has 1 aliphatic rings. The van der Waals surface area contributed by atoms with Gasteiger partial charge in [-0.25, -0.2) is 9.67 Å². The van der Waals surface area contributed by atoms with Crippen molar-refractivity contribution < 1.29 is 19.0 Å². The number of hydrogen-bond acceptors (Lipinski definition) is 7. The number of carbonyl (C=O) groups excluding carboxylic acids is 1. The van der Waals surface area contributed by atoms with Crippen molar-refractivity contribution in [3.05, 3.63) is 88.6 Å². The van der Waals surface area contributed by atoms with Crippen LogP contribution in [0.1, 0.15) is 15.9 Å². The van der Waals surface area contributed by atoms with Gasteiger partial charge in [-0.1, -0.05) is 29.3 Å². The standard InChI is InChI=1S/C24H24Cl2N4O4/c1-29(2)10-9-23(31)17-3-6-19(7-4-17)32-12-20-13-33-24(34-20,14-30-16-27-15-28-30)21-8-5-18(25)11-22(21)26/h3-11,15-16,20H,12-14H2,1-2H3/b10-9-. The van der Waals surface area contributed by atoms with Crippen molar-refractivity contribution >= 4 is 29.0 Å². The summed E-state index contributed by atoms with van der Waals surface area (Å²) in [5.74, 6) is -0.626. The van der Waals surface area contributed by atoms with Gasteiger partial charge in [0.15, 0.2) is 5.78 Å². The largest absolute Gasteiger partial charge is 0.491 e. The number of benzene rings is 2. The van der Waals surface area contributed by atoms with Crippen LogP contribution < -0.4 is 4.74 Å². The third kappa shape index (κ3) is 5.77. The highest BCUT2D eigenvalue weighted by Gasteiger charge is 2.45. The minimum atomic E-state index is -1.17. The first-order valence-corrected chi connectivity index (χ1v) is 11.3. The average molecular weight is 503 g/mol. The fraction of sp³-hybridized carbons (Fsp3) is 0.292. The molecule has 1 fully saturated rings. The minimum Gasteiger partial charge on any atom is -0.491 e. The van der Waals surface area contributed by atoms with E-state index >= 15 is 0 Å². The molecule has 2 atom stereocenters. The van der Waals surface area contributed by atoms with Crippen LogP contribution in [0.4, 0.5) is 0 Å². The van der Waals surface area contributed by atoms with Gasteiger partial charge in [-0.2, -0.15) is 5.10 Å². The zero-order chi connectivity index (χ0) is 24.1. The van der Waals surface area contributed by atoms with Crippen LogP contribution in [0.25, 0.3) is 0 Å². The van der Waals surface area contributed by atoms with Gasteiger partial charge in [-0.05, 0) is 36.4 Å². The third-order valence-electron chi connectivity index (χ3n) is 5.14. The van der Waals surface area contributed by atoms with Gasteiger partial charge in [0.1, 0.15) is 37.7 Å². The highest BCUT2D eigenvalue weighted by atomic mass is 35.5. The summed E-state index contributed by atoms with van der Waals surface area (Å²) in [7, 11) is 3.72. The summed E-state index contributed by atoms with van der Waals surface area (Å²) in [5.41, 5.74) is 1.22. The van der Waals surface area contributed by atoms with E-state index in [1.54, 1.807) is 64.6 Å². The molecule has 178 valence electrons. The minimum absolute atomic E-state index is 0.0782. The highest BCUT2D eigenvalue weighted by molar-refractivity contribution is 6.35. The lowest BCUT2D eigenvalue weighted by Crippen LogP contribution is -2.35. The first-order valence-electron chi connectivity index (χ1n) is 10.6. The fourth-order valence-corrected chi connectivity index (χ4v) is 4.05. The van der Waals surface area contributed by atoms with Gasteiger partial charge in [-0.3, -0.25) is 4.79 Å². The normalized spacial score (nSPS) is 20.1. The number of rotatable bonds is 9. The van der Waals surface area contributed by atoms with Gasteiger partial charge >= 0.3 is 0 Å². The van der Waals surface area contributed by atoms with Crippen LogP contribution in [0.5, 0.6) is 5.75 Å². The maximum atomic E-state index is 12.2. The quantitative estimate of drug-likeness (QED) is 0.320. The molecule has 2 aromatic carbocycles. The van der Waals surface area contributed by atoms with Gasteiger partial charge in [0, 0.05) is 42.5 Å². The van der Waals surface area contributed by atoms with Gasteiger partial charge in [0.25, 0.3) is 0 Å². The molecule has 0 spiro atoms. The number of carbonyl (C=O) groups is 1. The first kappa shape index (κ1) is 24.2. The van der Waals surface area contributed by atoms with Gasteiger partial charge in [0.05, 0.1) is 11.6 Å². The predicted octanol–water partition coefficient (Wildman–Crippen LogP) is 4.19.